The van der Waals surface area contributed by atoms with Crippen LogP contribution < -0.4 is 5.32 Å². The molecular formula is C14H20ClNO2. The number of carboxylic acids is 1. The Hall–Kier alpha value is -1.06. The Morgan fingerprint density at radius 2 is 1.94 bits per heavy atom. The highest BCUT2D eigenvalue weighted by Gasteiger charge is 2.42. The first-order valence-corrected chi connectivity index (χ1v) is 6.27. The van der Waals surface area contributed by atoms with Gasteiger partial charge in [-0.3, -0.25) is 4.79 Å². The van der Waals surface area contributed by atoms with E-state index in [0.29, 0.717) is 11.6 Å². The number of halogens is 1. The highest BCUT2D eigenvalue weighted by molar-refractivity contribution is 6.30. The van der Waals surface area contributed by atoms with Crippen LogP contribution in [-0.2, 0) is 11.3 Å². The SMILES string of the molecule is CC(C)(NCc1cccc(Cl)c1)C(C)(C)C(=O)O. The molecule has 0 amide bonds. The molecule has 0 unspecified atom stereocenters. The first kappa shape index (κ1) is 15.0. The molecule has 0 atom stereocenters. The predicted molar refractivity (Wildman–Crippen MR) is 73.8 cm³/mol. The molecule has 3 nitrogen and oxygen atoms in total. The van der Waals surface area contributed by atoms with Crippen LogP contribution in [0, 0.1) is 5.41 Å². The average Bonchev–Trinajstić information content (AvgIpc) is 2.26. The van der Waals surface area contributed by atoms with Crippen LogP contribution in [0.1, 0.15) is 33.3 Å². The normalized spacial score (nSPS) is 12.5. The summed E-state index contributed by atoms with van der Waals surface area (Å²) in [5.74, 6) is -0.814. The molecular weight excluding hydrogens is 250 g/mol. The summed E-state index contributed by atoms with van der Waals surface area (Å²) in [5, 5.41) is 13.2. The summed E-state index contributed by atoms with van der Waals surface area (Å²) < 4.78 is 0. The van der Waals surface area contributed by atoms with Crippen molar-refractivity contribution in [2.24, 2.45) is 5.41 Å². The zero-order chi connectivity index (χ0) is 14.0. The summed E-state index contributed by atoms with van der Waals surface area (Å²) in [6.07, 6.45) is 0. The van der Waals surface area contributed by atoms with Gasteiger partial charge in [0.25, 0.3) is 0 Å². The molecule has 0 heterocycles. The van der Waals surface area contributed by atoms with E-state index < -0.39 is 16.9 Å². The van der Waals surface area contributed by atoms with Gasteiger partial charge in [0.1, 0.15) is 0 Å². The molecule has 0 aliphatic carbocycles. The van der Waals surface area contributed by atoms with Crippen LogP contribution in [0.2, 0.25) is 5.02 Å². The van der Waals surface area contributed by atoms with Crippen LogP contribution in [-0.4, -0.2) is 16.6 Å². The smallest absolute Gasteiger partial charge is 0.310 e. The summed E-state index contributed by atoms with van der Waals surface area (Å²) >= 11 is 5.91. The third-order valence-electron chi connectivity index (χ3n) is 3.72. The van der Waals surface area contributed by atoms with Crippen LogP contribution in [0.4, 0.5) is 0 Å². The minimum Gasteiger partial charge on any atom is -0.481 e. The highest BCUT2D eigenvalue weighted by atomic mass is 35.5. The van der Waals surface area contributed by atoms with Crippen molar-refractivity contribution in [2.75, 3.05) is 0 Å². The van der Waals surface area contributed by atoms with Crippen LogP contribution in [0.3, 0.4) is 0 Å². The number of hydrogen-bond donors (Lipinski definition) is 2. The van der Waals surface area contributed by atoms with E-state index in [1.807, 2.05) is 38.1 Å². The molecule has 0 fully saturated rings. The lowest BCUT2D eigenvalue weighted by molar-refractivity contribution is -0.151. The highest BCUT2D eigenvalue weighted by Crippen LogP contribution is 2.31. The zero-order valence-corrected chi connectivity index (χ0v) is 12.0. The fourth-order valence-electron chi connectivity index (χ4n) is 1.46. The number of nitrogens with one attached hydrogen (secondary N) is 1. The van der Waals surface area contributed by atoms with E-state index in [2.05, 4.69) is 5.32 Å². The summed E-state index contributed by atoms with van der Waals surface area (Å²) in [7, 11) is 0. The Kier molecular flexibility index (Phi) is 4.41. The molecule has 0 saturated heterocycles. The first-order valence-electron chi connectivity index (χ1n) is 5.90. The van der Waals surface area contributed by atoms with Gasteiger partial charge < -0.3 is 10.4 Å². The molecule has 2 N–H and O–H groups in total. The van der Waals surface area contributed by atoms with Gasteiger partial charge in [-0.25, -0.2) is 0 Å². The molecule has 4 heteroatoms. The van der Waals surface area contributed by atoms with Crippen molar-refractivity contribution in [2.45, 2.75) is 39.8 Å². The maximum absolute atomic E-state index is 11.3. The Balaban J connectivity index is 2.76. The molecule has 0 aromatic heterocycles. The largest absolute Gasteiger partial charge is 0.481 e. The van der Waals surface area contributed by atoms with E-state index in [1.165, 1.54) is 0 Å². The van der Waals surface area contributed by atoms with Crippen LogP contribution >= 0.6 is 11.6 Å². The van der Waals surface area contributed by atoms with E-state index in [0.717, 1.165) is 5.56 Å². The van der Waals surface area contributed by atoms with Crippen molar-refractivity contribution in [3.8, 4) is 0 Å². The minimum absolute atomic E-state index is 0.527. The number of rotatable bonds is 5. The van der Waals surface area contributed by atoms with Gasteiger partial charge in [0, 0.05) is 17.1 Å². The third kappa shape index (κ3) is 3.24. The van der Waals surface area contributed by atoms with Crippen molar-refractivity contribution >= 4 is 17.6 Å². The second kappa shape index (κ2) is 5.29. The summed E-state index contributed by atoms with van der Waals surface area (Å²) in [5.41, 5.74) is -0.344. The molecule has 100 valence electrons. The van der Waals surface area contributed by atoms with Gasteiger partial charge in [0.05, 0.1) is 5.41 Å². The second-order valence-electron chi connectivity index (χ2n) is 5.54. The van der Waals surface area contributed by atoms with E-state index in [1.54, 1.807) is 13.8 Å². The van der Waals surface area contributed by atoms with E-state index in [9.17, 15) is 9.90 Å². The molecule has 1 rings (SSSR count). The van der Waals surface area contributed by atoms with Crippen LogP contribution in [0.15, 0.2) is 24.3 Å². The number of aliphatic carboxylic acids is 1. The number of hydrogen-bond acceptors (Lipinski definition) is 2. The minimum atomic E-state index is -0.856. The Bertz CT molecular complexity index is 441. The number of carbonyl (C=O) groups is 1. The lowest BCUT2D eigenvalue weighted by Crippen LogP contribution is -2.54. The van der Waals surface area contributed by atoms with Crippen molar-refractivity contribution in [3.63, 3.8) is 0 Å². The van der Waals surface area contributed by atoms with Gasteiger partial charge in [-0.2, -0.15) is 0 Å². The predicted octanol–water partition coefficient (Wildman–Crippen LogP) is 3.32. The van der Waals surface area contributed by atoms with E-state index >= 15 is 0 Å². The van der Waals surface area contributed by atoms with Crippen LogP contribution in [0.25, 0.3) is 0 Å². The zero-order valence-electron chi connectivity index (χ0n) is 11.2. The Morgan fingerprint density at radius 3 is 2.44 bits per heavy atom. The molecule has 0 spiro atoms. The van der Waals surface area contributed by atoms with Gasteiger partial charge >= 0.3 is 5.97 Å². The van der Waals surface area contributed by atoms with Gasteiger partial charge in [0.2, 0.25) is 0 Å². The molecule has 0 radical (unpaired) electrons. The standard InChI is InChI=1S/C14H20ClNO2/c1-13(2,12(17)18)14(3,4)16-9-10-6-5-7-11(15)8-10/h5-8,16H,9H2,1-4H3,(H,17,18). The maximum Gasteiger partial charge on any atom is 0.310 e. The molecule has 0 saturated carbocycles. The third-order valence-corrected chi connectivity index (χ3v) is 3.96. The second-order valence-corrected chi connectivity index (χ2v) is 5.98. The van der Waals surface area contributed by atoms with Crippen molar-refractivity contribution in [3.05, 3.63) is 34.9 Å². The monoisotopic (exact) mass is 269 g/mol. The van der Waals surface area contributed by atoms with E-state index in [-0.39, 0.29) is 0 Å². The average molecular weight is 270 g/mol. The fourth-order valence-corrected chi connectivity index (χ4v) is 1.67. The van der Waals surface area contributed by atoms with Gasteiger partial charge in [0.15, 0.2) is 0 Å². The first-order chi connectivity index (χ1) is 8.17. The molecule has 0 bridgehead atoms. The molecule has 1 aromatic rings. The molecule has 18 heavy (non-hydrogen) atoms. The van der Waals surface area contributed by atoms with Gasteiger partial charge in [-0.05, 0) is 45.4 Å². The number of carboxylic acid groups (broad SMARTS) is 1. The van der Waals surface area contributed by atoms with E-state index in [4.69, 9.17) is 11.6 Å². The number of benzene rings is 1. The Labute approximate surface area is 113 Å². The van der Waals surface area contributed by atoms with Gasteiger partial charge in [-0.15, -0.1) is 0 Å². The van der Waals surface area contributed by atoms with Crippen LogP contribution in [0.5, 0.6) is 0 Å². The topological polar surface area (TPSA) is 49.3 Å². The quantitative estimate of drug-likeness (QED) is 0.862. The maximum atomic E-state index is 11.3. The Morgan fingerprint density at radius 1 is 1.33 bits per heavy atom. The fraction of sp³-hybridized carbons (Fsp3) is 0.500. The molecule has 0 aliphatic heterocycles. The summed E-state index contributed by atoms with van der Waals surface area (Å²) in [4.78, 5) is 11.3. The summed E-state index contributed by atoms with van der Waals surface area (Å²) in [6.45, 7) is 7.82. The van der Waals surface area contributed by atoms with Crippen molar-refractivity contribution < 1.29 is 9.90 Å². The summed E-state index contributed by atoms with van der Waals surface area (Å²) in [6, 6.07) is 7.53. The molecule has 0 aliphatic rings. The lowest BCUT2D eigenvalue weighted by atomic mass is 9.74. The molecule has 1 aromatic carbocycles. The van der Waals surface area contributed by atoms with Crippen molar-refractivity contribution in [1.82, 2.24) is 5.32 Å². The van der Waals surface area contributed by atoms with Gasteiger partial charge in [-0.1, -0.05) is 23.7 Å². The van der Waals surface area contributed by atoms with Crippen molar-refractivity contribution in [1.29, 1.82) is 0 Å². The lowest BCUT2D eigenvalue weighted by Gasteiger charge is -2.39.